The summed E-state index contributed by atoms with van der Waals surface area (Å²) in [5.41, 5.74) is 0. The second kappa shape index (κ2) is 75.1. The Hall–Kier alpha value is -1.59. The van der Waals surface area contributed by atoms with Gasteiger partial charge in [-0.05, 0) is 57.8 Å². The first-order valence-corrected chi connectivity index (χ1v) is 42.7. The number of hydrogen-bond acceptors (Lipinski definition) is 8. The number of unbranched alkanes of at least 4 members (excludes halogenated alkanes) is 63. The largest absolute Gasteiger partial charge is 0.394 e. The van der Waals surface area contributed by atoms with Crippen LogP contribution < -0.4 is 5.32 Å². The molecule has 1 heterocycles. The van der Waals surface area contributed by atoms with Crippen molar-refractivity contribution in [2.75, 3.05) is 13.2 Å². The van der Waals surface area contributed by atoms with E-state index in [4.69, 9.17) is 9.47 Å². The lowest BCUT2D eigenvalue weighted by atomic mass is 9.99. The molecule has 95 heavy (non-hydrogen) atoms. The Labute approximate surface area is 591 Å². The third-order valence-electron chi connectivity index (χ3n) is 20.7. The Morgan fingerprint density at radius 1 is 0.347 bits per heavy atom. The fourth-order valence-corrected chi connectivity index (χ4v) is 14.1. The van der Waals surface area contributed by atoms with Gasteiger partial charge in [0.1, 0.15) is 24.4 Å². The van der Waals surface area contributed by atoms with E-state index in [1.807, 2.05) is 6.08 Å². The van der Waals surface area contributed by atoms with E-state index in [0.29, 0.717) is 6.42 Å². The van der Waals surface area contributed by atoms with Crippen LogP contribution in [0.3, 0.4) is 0 Å². The van der Waals surface area contributed by atoms with Crippen molar-refractivity contribution in [1.82, 2.24) is 5.32 Å². The molecule has 9 heteroatoms. The number of aliphatic hydroxyl groups excluding tert-OH is 5. The lowest BCUT2D eigenvalue weighted by molar-refractivity contribution is -0.302. The number of hydrogen-bond donors (Lipinski definition) is 6. The second-order valence-electron chi connectivity index (χ2n) is 30.0. The van der Waals surface area contributed by atoms with Gasteiger partial charge in [0, 0.05) is 6.42 Å². The predicted molar refractivity (Wildman–Crippen MR) is 410 cm³/mol. The van der Waals surface area contributed by atoms with Crippen molar-refractivity contribution in [2.24, 2.45) is 0 Å². The molecule has 6 N–H and O–H groups in total. The predicted octanol–water partition coefficient (Wildman–Crippen LogP) is 24.9. The highest BCUT2D eigenvalue weighted by atomic mass is 16.7. The van der Waals surface area contributed by atoms with Gasteiger partial charge in [0.15, 0.2) is 6.29 Å². The van der Waals surface area contributed by atoms with Crippen LogP contribution in [0, 0.1) is 0 Å². The summed E-state index contributed by atoms with van der Waals surface area (Å²) >= 11 is 0. The van der Waals surface area contributed by atoms with Crippen LogP contribution in [0.2, 0.25) is 0 Å². The molecule has 0 radical (unpaired) electrons. The molecule has 0 aromatic rings. The summed E-state index contributed by atoms with van der Waals surface area (Å²) in [6, 6.07) is -0.823. The number of ether oxygens (including phenoxy) is 2. The molecule has 7 atom stereocenters. The lowest BCUT2D eigenvalue weighted by Crippen LogP contribution is -2.60. The van der Waals surface area contributed by atoms with Gasteiger partial charge in [-0.1, -0.05) is 423 Å². The fraction of sp³-hybridized carbons (Fsp3) is 0.919. The average molecular weight is 1340 g/mol. The third-order valence-corrected chi connectivity index (χ3v) is 20.7. The zero-order valence-electron chi connectivity index (χ0n) is 63.5. The molecule has 0 aliphatic carbocycles. The Morgan fingerprint density at radius 3 is 0.884 bits per heavy atom. The first kappa shape index (κ1) is 91.4. The van der Waals surface area contributed by atoms with Crippen LogP contribution in [0.4, 0.5) is 0 Å². The van der Waals surface area contributed by atoms with Gasteiger partial charge in [-0.2, -0.15) is 0 Å². The van der Waals surface area contributed by atoms with E-state index >= 15 is 0 Å². The summed E-state index contributed by atoms with van der Waals surface area (Å²) in [4.78, 5) is 13.2. The number of carbonyl (C=O) groups excluding carboxylic acids is 1. The molecular formula is C86H165NO8. The van der Waals surface area contributed by atoms with Gasteiger partial charge < -0.3 is 40.3 Å². The molecular weight excluding hydrogens is 1170 g/mol. The van der Waals surface area contributed by atoms with Crippen LogP contribution in [0.15, 0.2) is 36.5 Å². The lowest BCUT2D eigenvalue weighted by Gasteiger charge is -2.40. The molecule has 1 fully saturated rings. The van der Waals surface area contributed by atoms with Crippen molar-refractivity contribution in [3.63, 3.8) is 0 Å². The summed E-state index contributed by atoms with van der Waals surface area (Å²) in [5.74, 6) is -0.176. The Bertz CT molecular complexity index is 1600. The van der Waals surface area contributed by atoms with Gasteiger partial charge in [-0.15, -0.1) is 0 Å². The van der Waals surface area contributed by atoms with Gasteiger partial charge in [0.2, 0.25) is 5.91 Å². The minimum atomic E-state index is -1.57. The fourth-order valence-electron chi connectivity index (χ4n) is 14.1. The van der Waals surface area contributed by atoms with Crippen molar-refractivity contribution in [3.8, 4) is 0 Å². The number of rotatable bonds is 77. The maximum atomic E-state index is 13.2. The molecule has 0 saturated carbocycles. The van der Waals surface area contributed by atoms with E-state index in [2.05, 4.69) is 43.5 Å². The van der Waals surface area contributed by atoms with Gasteiger partial charge in [-0.25, -0.2) is 0 Å². The smallest absolute Gasteiger partial charge is 0.220 e. The van der Waals surface area contributed by atoms with Crippen LogP contribution in [0.25, 0.3) is 0 Å². The Balaban J connectivity index is 2.04. The number of nitrogens with one attached hydrogen (secondary N) is 1. The van der Waals surface area contributed by atoms with E-state index in [9.17, 15) is 30.3 Å². The van der Waals surface area contributed by atoms with E-state index in [1.54, 1.807) is 6.08 Å². The molecule has 0 aromatic heterocycles. The second-order valence-corrected chi connectivity index (χ2v) is 30.0. The molecule has 1 aliphatic heterocycles. The molecule has 0 spiro atoms. The normalized spacial score (nSPS) is 17.6. The van der Waals surface area contributed by atoms with Crippen molar-refractivity contribution >= 4 is 5.91 Å². The zero-order chi connectivity index (χ0) is 68.5. The highest BCUT2D eigenvalue weighted by Gasteiger charge is 2.44. The molecule has 0 aromatic carbocycles. The summed E-state index contributed by atoms with van der Waals surface area (Å²) in [5, 5.41) is 54.9. The highest BCUT2D eigenvalue weighted by molar-refractivity contribution is 5.76. The monoisotopic (exact) mass is 1340 g/mol. The Morgan fingerprint density at radius 2 is 0.600 bits per heavy atom. The third kappa shape index (κ3) is 63.1. The quantitative estimate of drug-likeness (QED) is 0.0261. The summed E-state index contributed by atoms with van der Waals surface area (Å²) in [6.45, 7) is 3.83. The highest BCUT2D eigenvalue weighted by Crippen LogP contribution is 2.24. The average Bonchev–Trinajstić information content (AvgIpc) is 0.836. The molecule has 0 bridgehead atoms. The van der Waals surface area contributed by atoms with Gasteiger partial charge in [-0.3, -0.25) is 4.79 Å². The standard InChI is InChI=1S/C86H165NO8/c1-3-5-7-9-11-13-15-17-19-21-23-25-27-29-31-33-35-37-38-39-40-41-42-44-46-48-50-52-54-56-58-60-62-64-66-68-70-72-74-76-82(90)87-79(78-94-86-85(93)84(92)83(91)81(77-88)95-86)80(89)75-73-71-69-67-65-63-61-59-57-55-53-51-49-47-45-43-36-34-32-30-28-26-24-22-20-18-16-14-12-10-8-6-4-2/h21,23,65,67,73,75,79-81,83-86,88-89,91-93H,3-20,22,24-64,66,68-72,74,76-78H2,1-2H3,(H,87,90)/b23-21-,67-65+,75-73+. The first-order valence-electron chi connectivity index (χ1n) is 42.7. The van der Waals surface area contributed by atoms with Crippen LogP contribution in [-0.4, -0.2) is 87.5 Å². The van der Waals surface area contributed by atoms with E-state index in [0.717, 1.165) is 38.5 Å². The van der Waals surface area contributed by atoms with Crippen LogP contribution in [-0.2, 0) is 14.3 Å². The van der Waals surface area contributed by atoms with E-state index in [-0.39, 0.29) is 12.5 Å². The van der Waals surface area contributed by atoms with Crippen molar-refractivity contribution in [3.05, 3.63) is 36.5 Å². The number of allylic oxidation sites excluding steroid dienone is 5. The van der Waals surface area contributed by atoms with Crippen LogP contribution in [0.1, 0.15) is 450 Å². The van der Waals surface area contributed by atoms with Crippen molar-refractivity contribution in [1.29, 1.82) is 0 Å². The van der Waals surface area contributed by atoms with Crippen molar-refractivity contribution in [2.45, 2.75) is 493 Å². The van der Waals surface area contributed by atoms with E-state index in [1.165, 1.54) is 392 Å². The maximum Gasteiger partial charge on any atom is 0.220 e. The topological polar surface area (TPSA) is 149 Å². The van der Waals surface area contributed by atoms with Crippen molar-refractivity contribution < 1.29 is 39.8 Å². The molecule has 1 aliphatic rings. The minimum Gasteiger partial charge on any atom is -0.394 e. The number of aliphatic hydroxyl groups is 5. The van der Waals surface area contributed by atoms with Gasteiger partial charge in [0.25, 0.3) is 0 Å². The molecule has 1 saturated heterocycles. The summed E-state index contributed by atoms with van der Waals surface area (Å²) in [6.07, 6.45) is 96.2. The SMILES string of the molecule is CCCCCCCCCC/C=C\CCCCCCCCCCCCCCCCCCCCCCCCCCCCCC(=O)NC(COC1OC(CO)C(O)C(O)C1O)C(O)/C=C/CC/C=C/CCCCCCCCCCCCCCCCCCCCCCCCCCCCC. The first-order chi connectivity index (χ1) is 46.8. The molecule has 9 nitrogen and oxygen atoms in total. The zero-order valence-corrected chi connectivity index (χ0v) is 63.5. The molecule has 7 unspecified atom stereocenters. The summed E-state index contributed by atoms with van der Waals surface area (Å²) in [7, 11) is 0. The number of carbonyl (C=O) groups is 1. The minimum absolute atomic E-state index is 0.176. The maximum absolute atomic E-state index is 13.2. The van der Waals surface area contributed by atoms with Gasteiger partial charge in [0.05, 0.1) is 25.4 Å². The summed E-state index contributed by atoms with van der Waals surface area (Å²) < 4.78 is 11.3. The molecule has 1 rings (SSSR count). The Kier molecular flexibility index (Phi) is 72.3. The van der Waals surface area contributed by atoms with Gasteiger partial charge >= 0.3 is 0 Å². The number of amides is 1. The van der Waals surface area contributed by atoms with E-state index < -0.39 is 49.5 Å². The van der Waals surface area contributed by atoms with Crippen LogP contribution >= 0.6 is 0 Å². The van der Waals surface area contributed by atoms with Crippen LogP contribution in [0.5, 0.6) is 0 Å². The molecule has 562 valence electrons. The molecule has 1 amide bonds.